The fraction of sp³-hybridized carbons (Fsp3) is 0.206. The zero-order valence-electron chi connectivity index (χ0n) is 25.5. The first-order chi connectivity index (χ1) is 22.6. The first-order valence-electron chi connectivity index (χ1n) is 14.7. The molecule has 0 bridgehead atoms. The van der Waals surface area contributed by atoms with Gasteiger partial charge in [-0.05, 0) is 54.8 Å². The second-order valence-corrected chi connectivity index (χ2v) is 13.1. The van der Waals surface area contributed by atoms with Crippen molar-refractivity contribution in [3.05, 3.63) is 135 Å². The zero-order chi connectivity index (χ0) is 33.1. The highest BCUT2D eigenvalue weighted by atomic mass is 32.2. The second kappa shape index (κ2) is 13.3. The fourth-order valence-corrected chi connectivity index (χ4v) is 6.46. The molecule has 3 aromatic heterocycles. The summed E-state index contributed by atoms with van der Waals surface area (Å²) in [5.41, 5.74) is 3.10. The minimum absolute atomic E-state index is 0.0451. The third-order valence-electron chi connectivity index (χ3n) is 7.70. The smallest absolute Gasteiger partial charge is 0.286 e. The molecule has 1 atom stereocenters. The summed E-state index contributed by atoms with van der Waals surface area (Å²) in [5, 5.41) is 7.60. The van der Waals surface area contributed by atoms with Crippen LogP contribution in [0.15, 0.2) is 101 Å². The van der Waals surface area contributed by atoms with Gasteiger partial charge in [-0.1, -0.05) is 59.8 Å². The van der Waals surface area contributed by atoms with E-state index in [0.29, 0.717) is 22.3 Å². The van der Waals surface area contributed by atoms with Gasteiger partial charge in [-0.25, -0.2) is 31.8 Å². The normalized spacial score (nSPS) is 12.4. The van der Waals surface area contributed by atoms with Crippen molar-refractivity contribution in [2.45, 2.75) is 37.8 Å². The molecule has 1 unspecified atom stereocenters. The summed E-state index contributed by atoms with van der Waals surface area (Å²) in [6.07, 6.45) is 0.828. The number of halogens is 2. The molecule has 47 heavy (non-hydrogen) atoms. The SMILES string of the molecule is Cc1cc(-c2cc(F)c(=O)n(Cc3ccc4nnn(C)c4c3)c2)nc(S(=O)(=O)CCC(OCc2ccccc2F)c2ccccc2)n1. The van der Waals surface area contributed by atoms with E-state index in [1.54, 1.807) is 49.0 Å². The molecule has 0 spiro atoms. The number of pyridine rings is 1. The Morgan fingerprint density at radius 2 is 1.68 bits per heavy atom. The molecule has 3 aromatic carbocycles. The van der Waals surface area contributed by atoms with Crippen LogP contribution >= 0.6 is 0 Å². The van der Waals surface area contributed by atoms with Gasteiger partial charge in [0.15, 0.2) is 5.82 Å². The molecule has 0 saturated carbocycles. The molecule has 0 saturated heterocycles. The zero-order valence-corrected chi connectivity index (χ0v) is 26.4. The van der Waals surface area contributed by atoms with Crippen LogP contribution in [-0.2, 0) is 34.8 Å². The molecule has 0 aliphatic heterocycles. The third kappa shape index (κ3) is 7.16. The number of ether oxygens (including phenoxy) is 1. The van der Waals surface area contributed by atoms with E-state index in [4.69, 9.17) is 4.74 Å². The molecular weight excluding hydrogens is 626 g/mol. The Hall–Kier alpha value is -5.14. The van der Waals surface area contributed by atoms with Gasteiger partial charge in [0.25, 0.3) is 5.56 Å². The lowest BCUT2D eigenvalue weighted by Gasteiger charge is -2.19. The van der Waals surface area contributed by atoms with Crippen molar-refractivity contribution in [3.8, 4) is 11.3 Å². The maximum atomic E-state index is 15.0. The van der Waals surface area contributed by atoms with Crippen LogP contribution in [-0.4, -0.2) is 43.7 Å². The van der Waals surface area contributed by atoms with E-state index < -0.39 is 38.3 Å². The van der Waals surface area contributed by atoms with Gasteiger partial charge in [-0.3, -0.25) is 4.79 Å². The van der Waals surface area contributed by atoms with E-state index in [9.17, 15) is 22.0 Å². The summed E-state index contributed by atoms with van der Waals surface area (Å²) >= 11 is 0. The van der Waals surface area contributed by atoms with Gasteiger partial charge in [-0.2, -0.15) is 0 Å². The minimum Gasteiger partial charge on any atom is -0.369 e. The Labute approximate surface area is 269 Å². The van der Waals surface area contributed by atoms with Gasteiger partial charge >= 0.3 is 0 Å². The number of fused-ring (bicyclic) bond motifs is 1. The van der Waals surface area contributed by atoms with Crippen LogP contribution in [0.1, 0.15) is 34.9 Å². The third-order valence-corrected chi connectivity index (χ3v) is 9.21. The average molecular weight is 657 g/mol. The lowest BCUT2D eigenvalue weighted by molar-refractivity contribution is 0.0361. The van der Waals surface area contributed by atoms with E-state index >= 15 is 0 Å². The average Bonchev–Trinajstić information content (AvgIpc) is 3.43. The van der Waals surface area contributed by atoms with Crippen LogP contribution in [0.5, 0.6) is 0 Å². The lowest BCUT2D eigenvalue weighted by Crippen LogP contribution is -2.23. The number of hydrogen-bond acceptors (Lipinski definition) is 8. The molecule has 0 fully saturated rings. The van der Waals surface area contributed by atoms with Crippen molar-refractivity contribution in [1.29, 1.82) is 0 Å². The predicted molar refractivity (Wildman–Crippen MR) is 171 cm³/mol. The van der Waals surface area contributed by atoms with E-state index in [1.807, 2.05) is 36.4 Å². The first-order valence-corrected chi connectivity index (χ1v) is 16.4. The van der Waals surface area contributed by atoms with Crippen LogP contribution < -0.4 is 5.56 Å². The number of hydrogen-bond donors (Lipinski definition) is 0. The van der Waals surface area contributed by atoms with Gasteiger partial charge < -0.3 is 9.30 Å². The highest BCUT2D eigenvalue weighted by Gasteiger charge is 2.24. The van der Waals surface area contributed by atoms with Crippen LogP contribution in [0.3, 0.4) is 0 Å². The molecule has 10 nitrogen and oxygen atoms in total. The van der Waals surface area contributed by atoms with Crippen molar-refractivity contribution in [1.82, 2.24) is 29.5 Å². The van der Waals surface area contributed by atoms with Crippen LogP contribution in [0, 0.1) is 18.6 Å². The molecule has 13 heteroatoms. The number of benzene rings is 3. The van der Waals surface area contributed by atoms with Gasteiger partial charge in [0.1, 0.15) is 11.3 Å². The van der Waals surface area contributed by atoms with Crippen LogP contribution in [0.2, 0.25) is 0 Å². The Bertz CT molecular complexity index is 2240. The standard InChI is InChI=1S/C34H30F2N6O4S/c1-22-16-30(26-18-28(36)33(43)42(20-26)19-23-12-13-29-31(17-23)41(2)40-39-29)38-34(37-22)47(44,45)15-14-32(24-8-4-3-5-9-24)46-21-25-10-6-7-11-27(25)35/h3-13,16-18,20,32H,14-15,19,21H2,1-2H3. The fourth-order valence-electron chi connectivity index (χ4n) is 5.23. The summed E-state index contributed by atoms with van der Waals surface area (Å²) in [6, 6.07) is 23.2. The molecule has 0 aliphatic rings. The maximum Gasteiger partial charge on any atom is 0.286 e. The lowest BCUT2D eigenvalue weighted by atomic mass is 10.1. The number of aromatic nitrogens is 6. The van der Waals surface area contributed by atoms with Gasteiger partial charge in [-0.15, -0.1) is 5.10 Å². The first kappa shape index (κ1) is 31.8. The number of aryl methyl sites for hydroxylation is 2. The molecule has 0 aliphatic carbocycles. The second-order valence-electron chi connectivity index (χ2n) is 11.1. The monoisotopic (exact) mass is 656 g/mol. The molecule has 0 amide bonds. The number of nitrogens with zero attached hydrogens (tertiary/aromatic N) is 6. The van der Waals surface area contributed by atoms with E-state index in [0.717, 1.165) is 17.1 Å². The van der Waals surface area contributed by atoms with Crippen molar-refractivity contribution < 1.29 is 21.9 Å². The highest BCUT2D eigenvalue weighted by molar-refractivity contribution is 7.91. The topological polar surface area (TPSA) is 122 Å². The molecule has 0 radical (unpaired) electrons. The Morgan fingerprint density at radius 1 is 0.915 bits per heavy atom. The van der Waals surface area contributed by atoms with Crippen molar-refractivity contribution in [3.63, 3.8) is 0 Å². The largest absolute Gasteiger partial charge is 0.369 e. The van der Waals surface area contributed by atoms with Crippen LogP contribution in [0.4, 0.5) is 8.78 Å². The quantitative estimate of drug-likeness (QED) is 0.171. The summed E-state index contributed by atoms with van der Waals surface area (Å²) < 4.78 is 65.2. The van der Waals surface area contributed by atoms with E-state index in [1.165, 1.54) is 22.9 Å². The Morgan fingerprint density at radius 3 is 2.47 bits per heavy atom. The predicted octanol–water partition coefficient (Wildman–Crippen LogP) is 5.34. The Kier molecular flexibility index (Phi) is 9.01. The van der Waals surface area contributed by atoms with Crippen molar-refractivity contribution >= 4 is 20.9 Å². The summed E-state index contributed by atoms with van der Waals surface area (Å²) in [4.78, 5) is 21.2. The summed E-state index contributed by atoms with van der Waals surface area (Å²) in [7, 11) is -2.31. The summed E-state index contributed by atoms with van der Waals surface area (Å²) in [6.45, 7) is 1.61. The van der Waals surface area contributed by atoms with Gasteiger partial charge in [0.05, 0.1) is 36.2 Å². The summed E-state index contributed by atoms with van der Waals surface area (Å²) in [5.74, 6) is -1.79. The molecule has 6 aromatic rings. The van der Waals surface area contributed by atoms with Crippen molar-refractivity contribution in [2.75, 3.05) is 5.75 Å². The van der Waals surface area contributed by atoms with Crippen molar-refractivity contribution in [2.24, 2.45) is 7.05 Å². The Balaban J connectivity index is 1.26. The number of sulfone groups is 1. The molecular formula is C34H30F2N6O4S. The minimum atomic E-state index is -4.06. The molecule has 3 heterocycles. The van der Waals surface area contributed by atoms with Gasteiger partial charge in [0.2, 0.25) is 15.0 Å². The maximum absolute atomic E-state index is 15.0. The number of rotatable bonds is 11. The van der Waals surface area contributed by atoms with E-state index in [2.05, 4.69) is 20.3 Å². The van der Waals surface area contributed by atoms with Gasteiger partial charge in [0, 0.05) is 30.1 Å². The van der Waals surface area contributed by atoms with E-state index in [-0.39, 0.29) is 36.6 Å². The molecule has 240 valence electrons. The van der Waals surface area contributed by atoms with Crippen LogP contribution in [0.25, 0.3) is 22.3 Å². The molecule has 6 rings (SSSR count). The highest BCUT2D eigenvalue weighted by Crippen LogP contribution is 2.26. The molecule has 0 N–H and O–H groups in total.